The fraction of sp³-hybridized carbons (Fsp3) is 0.429. The summed E-state index contributed by atoms with van der Waals surface area (Å²) in [7, 11) is 0. The second-order valence-electron chi connectivity index (χ2n) is 4.47. The summed E-state index contributed by atoms with van der Waals surface area (Å²) in [6, 6.07) is 8.20. The molecule has 102 valence electrons. The minimum atomic E-state index is -0.536. The summed E-state index contributed by atoms with van der Waals surface area (Å²) in [5, 5.41) is 18.1. The first-order valence-corrected chi connectivity index (χ1v) is 7.45. The SMILES string of the molecule is CCCn1nncc1C(O)CSc1ccccc1C. The van der Waals surface area contributed by atoms with Crippen LogP contribution in [0.2, 0.25) is 0 Å². The fourth-order valence-electron chi connectivity index (χ4n) is 1.88. The van der Waals surface area contributed by atoms with E-state index in [1.807, 2.05) is 12.1 Å². The quantitative estimate of drug-likeness (QED) is 0.825. The van der Waals surface area contributed by atoms with Crippen molar-refractivity contribution in [2.45, 2.75) is 37.8 Å². The summed E-state index contributed by atoms with van der Waals surface area (Å²) in [5.74, 6) is 0.613. The van der Waals surface area contributed by atoms with Crippen LogP contribution in [0.4, 0.5) is 0 Å². The van der Waals surface area contributed by atoms with E-state index in [1.54, 1.807) is 22.6 Å². The van der Waals surface area contributed by atoms with E-state index in [1.165, 1.54) is 10.5 Å². The Morgan fingerprint density at radius 3 is 2.89 bits per heavy atom. The van der Waals surface area contributed by atoms with Crippen molar-refractivity contribution in [1.82, 2.24) is 15.0 Å². The Labute approximate surface area is 117 Å². The highest BCUT2D eigenvalue weighted by Gasteiger charge is 2.14. The molecule has 1 aromatic carbocycles. The first kappa shape index (κ1) is 14.1. The van der Waals surface area contributed by atoms with Gasteiger partial charge < -0.3 is 5.11 Å². The molecule has 0 aliphatic heterocycles. The highest BCUT2D eigenvalue weighted by molar-refractivity contribution is 7.99. The lowest BCUT2D eigenvalue weighted by Gasteiger charge is -2.12. The number of nitrogens with zero attached hydrogens (tertiary/aromatic N) is 3. The van der Waals surface area contributed by atoms with Crippen molar-refractivity contribution in [3.05, 3.63) is 41.7 Å². The van der Waals surface area contributed by atoms with Gasteiger partial charge >= 0.3 is 0 Å². The van der Waals surface area contributed by atoms with Gasteiger partial charge in [0.25, 0.3) is 0 Å². The van der Waals surface area contributed by atoms with Crippen molar-refractivity contribution < 1.29 is 5.11 Å². The van der Waals surface area contributed by atoms with Gasteiger partial charge in [0, 0.05) is 17.2 Å². The van der Waals surface area contributed by atoms with Gasteiger partial charge in [-0.15, -0.1) is 16.9 Å². The maximum Gasteiger partial charge on any atom is 0.107 e. The molecule has 0 saturated heterocycles. The van der Waals surface area contributed by atoms with Crippen molar-refractivity contribution in [2.75, 3.05) is 5.75 Å². The Kier molecular flexibility index (Phi) is 4.99. The van der Waals surface area contributed by atoms with Crippen LogP contribution in [0.1, 0.15) is 30.7 Å². The summed E-state index contributed by atoms with van der Waals surface area (Å²) < 4.78 is 1.78. The number of benzene rings is 1. The zero-order chi connectivity index (χ0) is 13.7. The van der Waals surface area contributed by atoms with Crippen molar-refractivity contribution >= 4 is 11.8 Å². The van der Waals surface area contributed by atoms with Crippen LogP contribution in [0, 0.1) is 6.92 Å². The Bertz CT molecular complexity index is 527. The van der Waals surface area contributed by atoms with E-state index in [9.17, 15) is 5.11 Å². The van der Waals surface area contributed by atoms with Gasteiger partial charge in [0.2, 0.25) is 0 Å². The predicted octanol–water partition coefficient (Wildman–Crippen LogP) is 2.82. The molecule has 1 unspecified atom stereocenters. The average molecular weight is 277 g/mol. The number of aliphatic hydroxyl groups is 1. The van der Waals surface area contributed by atoms with Gasteiger partial charge in [-0.05, 0) is 25.0 Å². The fourth-order valence-corrected chi connectivity index (χ4v) is 2.86. The van der Waals surface area contributed by atoms with Crippen LogP contribution < -0.4 is 0 Å². The van der Waals surface area contributed by atoms with Crippen molar-refractivity contribution in [3.8, 4) is 0 Å². The molecular formula is C14H19N3OS. The Balaban J connectivity index is 1.99. The first-order chi connectivity index (χ1) is 9.22. The van der Waals surface area contributed by atoms with E-state index >= 15 is 0 Å². The minimum Gasteiger partial charge on any atom is -0.386 e. The van der Waals surface area contributed by atoms with Gasteiger partial charge in [-0.2, -0.15) is 0 Å². The molecule has 4 nitrogen and oxygen atoms in total. The zero-order valence-electron chi connectivity index (χ0n) is 11.3. The molecular weight excluding hydrogens is 258 g/mol. The monoisotopic (exact) mass is 277 g/mol. The number of thioether (sulfide) groups is 1. The summed E-state index contributed by atoms with van der Waals surface area (Å²) in [6.07, 6.45) is 2.10. The van der Waals surface area contributed by atoms with Crippen molar-refractivity contribution in [2.24, 2.45) is 0 Å². The van der Waals surface area contributed by atoms with Gasteiger partial charge in [0.15, 0.2) is 0 Å². The molecule has 1 atom stereocenters. The van der Waals surface area contributed by atoms with Gasteiger partial charge in [-0.25, -0.2) is 4.68 Å². The van der Waals surface area contributed by atoms with Crippen LogP contribution in [0.15, 0.2) is 35.4 Å². The lowest BCUT2D eigenvalue weighted by atomic mass is 10.2. The molecule has 0 radical (unpaired) electrons. The van der Waals surface area contributed by atoms with E-state index in [0.717, 1.165) is 18.7 Å². The van der Waals surface area contributed by atoms with Crippen molar-refractivity contribution in [1.29, 1.82) is 0 Å². The molecule has 0 aliphatic carbocycles. The Morgan fingerprint density at radius 1 is 1.37 bits per heavy atom. The highest BCUT2D eigenvalue weighted by atomic mass is 32.2. The van der Waals surface area contributed by atoms with Crippen LogP contribution in [-0.4, -0.2) is 25.9 Å². The molecule has 5 heteroatoms. The number of hydrogen-bond acceptors (Lipinski definition) is 4. The highest BCUT2D eigenvalue weighted by Crippen LogP contribution is 2.26. The molecule has 0 bridgehead atoms. The molecule has 0 amide bonds. The number of aliphatic hydroxyl groups excluding tert-OH is 1. The van der Waals surface area contributed by atoms with Crippen LogP contribution in [0.25, 0.3) is 0 Å². The third kappa shape index (κ3) is 3.58. The number of aromatic nitrogens is 3. The molecule has 1 N–H and O–H groups in total. The predicted molar refractivity (Wildman–Crippen MR) is 77.2 cm³/mol. The number of hydrogen-bond donors (Lipinski definition) is 1. The molecule has 1 aromatic heterocycles. The van der Waals surface area contributed by atoms with E-state index in [2.05, 4.69) is 36.3 Å². The van der Waals surface area contributed by atoms with Crippen LogP contribution in [0.3, 0.4) is 0 Å². The summed E-state index contributed by atoms with van der Waals surface area (Å²) in [5.41, 5.74) is 2.03. The molecule has 0 spiro atoms. The van der Waals surface area contributed by atoms with Gasteiger partial charge in [0.1, 0.15) is 6.10 Å². The molecule has 0 aliphatic rings. The first-order valence-electron chi connectivity index (χ1n) is 6.47. The Morgan fingerprint density at radius 2 is 2.16 bits per heavy atom. The average Bonchev–Trinajstić information content (AvgIpc) is 2.86. The standard InChI is InChI=1S/C14H19N3OS/c1-3-8-17-12(9-15-16-17)13(18)10-19-14-7-5-4-6-11(14)2/h4-7,9,13,18H,3,8,10H2,1-2H3. The minimum absolute atomic E-state index is 0.536. The largest absolute Gasteiger partial charge is 0.386 e. The molecule has 2 rings (SSSR count). The second-order valence-corrected chi connectivity index (χ2v) is 5.54. The van der Waals surface area contributed by atoms with Crippen LogP contribution in [0.5, 0.6) is 0 Å². The van der Waals surface area contributed by atoms with Crippen LogP contribution in [-0.2, 0) is 6.54 Å². The van der Waals surface area contributed by atoms with Gasteiger partial charge in [-0.3, -0.25) is 0 Å². The van der Waals surface area contributed by atoms with Gasteiger partial charge in [-0.1, -0.05) is 30.3 Å². The maximum atomic E-state index is 10.2. The normalized spacial score (nSPS) is 12.6. The lowest BCUT2D eigenvalue weighted by Crippen LogP contribution is -2.10. The van der Waals surface area contributed by atoms with Crippen molar-refractivity contribution in [3.63, 3.8) is 0 Å². The molecule has 0 fully saturated rings. The van der Waals surface area contributed by atoms with E-state index in [4.69, 9.17) is 0 Å². The molecule has 2 aromatic rings. The topological polar surface area (TPSA) is 50.9 Å². The summed E-state index contributed by atoms with van der Waals surface area (Å²) in [6.45, 7) is 4.96. The Hall–Kier alpha value is -1.33. The molecule has 1 heterocycles. The molecule has 19 heavy (non-hydrogen) atoms. The van der Waals surface area contributed by atoms with Crippen LogP contribution >= 0.6 is 11.8 Å². The zero-order valence-corrected chi connectivity index (χ0v) is 12.1. The lowest BCUT2D eigenvalue weighted by molar-refractivity contribution is 0.191. The van der Waals surface area contributed by atoms with Gasteiger partial charge in [0.05, 0.1) is 11.9 Å². The third-order valence-electron chi connectivity index (χ3n) is 2.91. The van der Waals surface area contributed by atoms with E-state index < -0.39 is 6.10 Å². The summed E-state index contributed by atoms with van der Waals surface area (Å²) in [4.78, 5) is 1.20. The second kappa shape index (κ2) is 6.73. The maximum absolute atomic E-state index is 10.2. The smallest absolute Gasteiger partial charge is 0.107 e. The molecule has 0 saturated carbocycles. The number of aryl methyl sites for hydroxylation is 2. The number of rotatable bonds is 6. The van der Waals surface area contributed by atoms with E-state index in [0.29, 0.717) is 5.75 Å². The summed E-state index contributed by atoms with van der Waals surface area (Å²) >= 11 is 1.66. The third-order valence-corrected chi connectivity index (χ3v) is 4.17. The van der Waals surface area contributed by atoms with E-state index in [-0.39, 0.29) is 0 Å².